The second-order valence-electron chi connectivity index (χ2n) is 12.1. The third-order valence-corrected chi connectivity index (χ3v) is 10.9. The fourth-order valence-corrected chi connectivity index (χ4v) is 9.44. The standard InChI is InChI=1S/C27H42O7/c1-5-6-16(2)19-7-8-20-24-21(13-23(33-15-29)27(19,20)4)26(3)10-9-18(32-14-28)11-17(26)12-22(24)34-25(30)31/h14-24H,5-13H2,1-4H3,(H,30,31)/t16?,17-,18+,19+,20-,21-,22+,23-,24-,26-,27+/m0/s1. The molecule has 0 aliphatic heterocycles. The average Bonchev–Trinajstić information content (AvgIpc) is 3.13. The van der Waals surface area contributed by atoms with Crippen molar-refractivity contribution in [3.63, 3.8) is 0 Å². The lowest BCUT2D eigenvalue weighted by atomic mass is 9.43. The molecule has 11 atom stereocenters. The minimum atomic E-state index is -1.22. The van der Waals surface area contributed by atoms with Crippen LogP contribution in [0, 0.1) is 46.3 Å². The molecule has 4 aliphatic rings. The van der Waals surface area contributed by atoms with Gasteiger partial charge in [0.15, 0.2) is 0 Å². The summed E-state index contributed by atoms with van der Waals surface area (Å²) in [6.07, 6.45) is 6.36. The van der Waals surface area contributed by atoms with Gasteiger partial charge in [0.2, 0.25) is 0 Å². The van der Waals surface area contributed by atoms with Gasteiger partial charge in [0, 0.05) is 11.3 Å². The predicted octanol–water partition coefficient (Wildman–Crippen LogP) is 5.45. The SMILES string of the molecule is CCCC(C)[C@H]1CC[C@H]2[C@@H]3[C@H](OC(=O)O)C[C@@H]4C[C@H](OC=O)CC[C@]4(C)[C@H]3C[C@H](OC=O)[C@]12C. The molecule has 0 aromatic rings. The fourth-order valence-electron chi connectivity index (χ4n) is 9.44. The van der Waals surface area contributed by atoms with E-state index in [0.717, 1.165) is 51.4 Å². The van der Waals surface area contributed by atoms with Crippen molar-refractivity contribution in [2.45, 2.75) is 104 Å². The van der Waals surface area contributed by atoms with Crippen molar-refractivity contribution in [2.24, 2.45) is 46.3 Å². The number of hydrogen-bond acceptors (Lipinski definition) is 6. The molecule has 7 heteroatoms. The van der Waals surface area contributed by atoms with Gasteiger partial charge >= 0.3 is 6.16 Å². The average molecular weight is 479 g/mol. The molecule has 7 nitrogen and oxygen atoms in total. The first-order valence-corrected chi connectivity index (χ1v) is 13.3. The summed E-state index contributed by atoms with van der Waals surface area (Å²) in [5.41, 5.74) is -0.206. The lowest BCUT2D eigenvalue weighted by Crippen LogP contribution is -2.63. The molecule has 4 fully saturated rings. The van der Waals surface area contributed by atoms with Crippen LogP contribution in [0.3, 0.4) is 0 Å². The number of fused-ring (bicyclic) bond motifs is 5. The summed E-state index contributed by atoms with van der Waals surface area (Å²) in [5.74, 6) is 1.75. The van der Waals surface area contributed by atoms with Crippen LogP contribution in [0.15, 0.2) is 0 Å². The van der Waals surface area contributed by atoms with Gasteiger partial charge in [-0.05, 0) is 80.0 Å². The Hall–Kier alpha value is -1.79. The maximum atomic E-state index is 11.8. The van der Waals surface area contributed by atoms with Crippen LogP contribution < -0.4 is 0 Å². The number of rotatable bonds is 8. The molecule has 0 aromatic carbocycles. The molecule has 34 heavy (non-hydrogen) atoms. The van der Waals surface area contributed by atoms with E-state index in [1.54, 1.807) is 0 Å². The molecule has 0 amide bonds. The Morgan fingerprint density at radius 3 is 2.44 bits per heavy atom. The van der Waals surface area contributed by atoms with Crippen LogP contribution in [0.5, 0.6) is 0 Å². The summed E-state index contributed by atoms with van der Waals surface area (Å²) in [5, 5.41) is 9.64. The topological polar surface area (TPSA) is 99.1 Å². The van der Waals surface area contributed by atoms with Crippen LogP contribution in [0.2, 0.25) is 0 Å². The molecule has 1 N–H and O–H groups in total. The smallest absolute Gasteiger partial charge is 0.465 e. The van der Waals surface area contributed by atoms with Gasteiger partial charge in [0.05, 0.1) is 0 Å². The Morgan fingerprint density at radius 2 is 1.79 bits per heavy atom. The number of carboxylic acid groups (broad SMARTS) is 1. The molecule has 0 radical (unpaired) electrons. The van der Waals surface area contributed by atoms with E-state index in [-0.39, 0.29) is 52.8 Å². The van der Waals surface area contributed by atoms with Crippen molar-refractivity contribution in [2.75, 3.05) is 0 Å². The monoisotopic (exact) mass is 478 g/mol. The van der Waals surface area contributed by atoms with Crippen molar-refractivity contribution in [1.29, 1.82) is 0 Å². The summed E-state index contributed by atoms with van der Waals surface area (Å²) in [6.45, 7) is 10.3. The zero-order valence-corrected chi connectivity index (χ0v) is 21.1. The first kappa shape index (κ1) is 25.3. The second-order valence-corrected chi connectivity index (χ2v) is 12.1. The Balaban J connectivity index is 1.73. The molecule has 192 valence electrons. The van der Waals surface area contributed by atoms with Crippen LogP contribution >= 0.6 is 0 Å². The maximum Gasteiger partial charge on any atom is 0.506 e. The van der Waals surface area contributed by atoms with Gasteiger partial charge in [-0.2, -0.15) is 0 Å². The first-order chi connectivity index (χ1) is 16.2. The zero-order chi connectivity index (χ0) is 24.7. The molecule has 0 bridgehead atoms. The Morgan fingerprint density at radius 1 is 1.06 bits per heavy atom. The molecular formula is C27H42O7. The van der Waals surface area contributed by atoms with Gasteiger partial charge < -0.3 is 19.3 Å². The molecule has 0 heterocycles. The minimum Gasteiger partial charge on any atom is -0.465 e. The van der Waals surface area contributed by atoms with Gasteiger partial charge in [0.1, 0.15) is 18.3 Å². The van der Waals surface area contributed by atoms with Gasteiger partial charge in [-0.3, -0.25) is 9.59 Å². The third kappa shape index (κ3) is 4.01. The van der Waals surface area contributed by atoms with Crippen molar-refractivity contribution in [3.05, 3.63) is 0 Å². The molecule has 0 spiro atoms. The number of carbonyl (C=O) groups is 3. The number of ether oxygens (including phenoxy) is 3. The molecule has 0 aromatic heterocycles. The molecule has 4 saturated carbocycles. The van der Waals surface area contributed by atoms with E-state index < -0.39 is 6.16 Å². The summed E-state index contributed by atoms with van der Waals surface area (Å²) in [6, 6.07) is 0. The lowest BCUT2D eigenvalue weighted by Gasteiger charge is -2.64. The highest BCUT2D eigenvalue weighted by atomic mass is 16.7. The van der Waals surface area contributed by atoms with Crippen molar-refractivity contribution in [1.82, 2.24) is 0 Å². The van der Waals surface area contributed by atoms with E-state index in [1.165, 1.54) is 0 Å². The highest BCUT2D eigenvalue weighted by Gasteiger charge is 2.67. The van der Waals surface area contributed by atoms with Gasteiger partial charge in [-0.25, -0.2) is 4.79 Å². The second kappa shape index (κ2) is 9.69. The fraction of sp³-hybridized carbons (Fsp3) is 0.889. The molecule has 4 aliphatic carbocycles. The Kier molecular flexibility index (Phi) is 7.21. The van der Waals surface area contributed by atoms with Crippen LogP contribution in [0.25, 0.3) is 0 Å². The summed E-state index contributed by atoms with van der Waals surface area (Å²) in [7, 11) is 0. The van der Waals surface area contributed by atoms with E-state index in [1.807, 2.05) is 0 Å². The summed E-state index contributed by atoms with van der Waals surface area (Å²) in [4.78, 5) is 34.4. The Bertz CT molecular complexity index is 770. The normalized spacial score (nSPS) is 46.2. The largest absolute Gasteiger partial charge is 0.506 e. The quantitative estimate of drug-likeness (QED) is 0.281. The van der Waals surface area contributed by atoms with E-state index in [2.05, 4.69) is 27.7 Å². The van der Waals surface area contributed by atoms with Crippen molar-refractivity contribution in [3.8, 4) is 0 Å². The number of carbonyl (C=O) groups excluding carboxylic acids is 2. The zero-order valence-electron chi connectivity index (χ0n) is 21.1. The number of hydrogen-bond donors (Lipinski definition) is 1. The third-order valence-electron chi connectivity index (χ3n) is 10.9. The van der Waals surface area contributed by atoms with Crippen LogP contribution in [0.1, 0.15) is 85.5 Å². The van der Waals surface area contributed by atoms with Crippen molar-refractivity contribution >= 4 is 19.1 Å². The highest BCUT2D eigenvalue weighted by Crippen LogP contribution is 2.69. The molecule has 0 saturated heterocycles. The summed E-state index contributed by atoms with van der Waals surface area (Å²) < 4.78 is 16.9. The van der Waals surface area contributed by atoms with Gasteiger partial charge in [-0.1, -0.05) is 40.5 Å². The van der Waals surface area contributed by atoms with Gasteiger partial charge in [0.25, 0.3) is 12.9 Å². The van der Waals surface area contributed by atoms with E-state index in [4.69, 9.17) is 14.2 Å². The lowest BCUT2D eigenvalue weighted by molar-refractivity contribution is -0.215. The van der Waals surface area contributed by atoms with Crippen LogP contribution in [0.4, 0.5) is 4.79 Å². The molecule has 4 rings (SSSR count). The van der Waals surface area contributed by atoms with Gasteiger partial charge in [-0.15, -0.1) is 0 Å². The highest BCUT2D eigenvalue weighted by molar-refractivity contribution is 5.57. The van der Waals surface area contributed by atoms with Crippen molar-refractivity contribution < 1.29 is 33.7 Å². The molecule has 1 unspecified atom stereocenters. The first-order valence-electron chi connectivity index (χ1n) is 13.3. The summed E-state index contributed by atoms with van der Waals surface area (Å²) >= 11 is 0. The minimum absolute atomic E-state index is 0.0231. The Labute approximate surface area is 203 Å². The van der Waals surface area contributed by atoms with E-state index in [0.29, 0.717) is 31.2 Å². The van der Waals surface area contributed by atoms with Crippen LogP contribution in [-0.4, -0.2) is 42.5 Å². The van der Waals surface area contributed by atoms with E-state index in [9.17, 15) is 19.5 Å². The predicted molar refractivity (Wildman–Crippen MR) is 125 cm³/mol. The molecular weight excluding hydrogens is 436 g/mol. The maximum absolute atomic E-state index is 11.8. The van der Waals surface area contributed by atoms with Crippen LogP contribution in [-0.2, 0) is 23.8 Å². The van der Waals surface area contributed by atoms with E-state index >= 15 is 0 Å².